The first-order valence-electron chi connectivity index (χ1n) is 6.30. The summed E-state index contributed by atoms with van der Waals surface area (Å²) < 4.78 is 5.64. The van der Waals surface area contributed by atoms with Crippen LogP contribution in [0.4, 0.5) is 5.69 Å². The van der Waals surface area contributed by atoms with Gasteiger partial charge in [-0.3, -0.25) is 4.79 Å². The Balaban J connectivity index is 0.00000324. The number of benzene rings is 1. The van der Waals surface area contributed by atoms with Crippen molar-refractivity contribution < 1.29 is 9.53 Å². The van der Waals surface area contributed by atoms with E-state index in [0.29, 0.717) is 19.4 Å². The lowest BCUT2D eigenvalue weighted by Gasteiger charge is -2.13. The molecule has 1 aromatic rings. The fourth-order valence-electron chi connectivity index (χ4n) is 1.60. The van der Waals surface area contributed by atoms with Gasteiger partial charge >= 0.3 is 0 Å². The van der Waals surface area contributed by atoms with Gasteiger partial charge in [0.05, 0.1) is 6.10 Å². The van der Waals surface area contributed by atoms with Gasteiger partial charge in [-0.25, -0.2) is 0 Å². The van der Waals surface area contributed by atoms with Gasteiger partial charge in [-0.15, -0.1) is 12.4 Å². The number of hydrogen-bond donors (Lipinski definition) is 2. The summed E-state index contributed by atoms with van der Waals surface area (Å²) in [5, 5.41) is 2.85. The summed E-state index contributed by atoms with van der Waals surface area (Å²) in [6, 6.07) is 5.65. The van der Waals surface area contributed by atoms with Crippen LogP contribution in [0.15, 0.2) is 18.2 Å². The first-order chi connectivity index (χ1) is 8.52. The number of aryl methyl sites for hydroxylation is 1. The molecule has 0 aliphatic rings. The first kappa shape index (κ1) is 17.7. The molecule has 0 saturated carbocycles. The van der Waals surface area contributed by atoms with Crippen molar-refractivity contribution in [2.45, 2.75) is 39.7 Å². The molecule has 108 valence electrons. The van der Waals surface area contributed by atoms with E-state index in [1.54, 1.807) is 0 Å². The van der Waals surface area contributed by atoms with Gasteiger partial charge in [0.1, 0.15) is 5.75 Å². The molecule has 4 nitrogen and oxygen atoms in total. The van der Waals surface area contributed by atoms with Crippen LogP contribution >= 0.6 is 12.4 Å². The molecule has 0 aliphatic heterocycles. The summed E-state index contributed by atoms with van der Waals surface area (Å²) in [7, 11) is 0. The molecule has 0 saturated heterocycles. The second-order valence-corrected chi connectivity index (χ2v) is 4.59. The van der Waals surface area contributed by atoms with Crippen molar-refractivity contribution in [3.8, 4) is 5.75 Å². The summed E-state index contributed by atoms with van der Waals surface area (Å²) in [6.45, 7) is 6.48. The van der Waals surface area contributed by atoms with Crippen LogP contribution in [0, 0.1) is 6.92 Å². The number of hydrogen-bond acceptors (Lipinski definition) is 3. The largest absolute Gasteiger partial charge is 0.491 e. The minimum atomic E-state index is -0.00243. The van der Waals surface area contributed by atoms with E-state index in [2.05, 4.69) is 5.32 Å². The lowest BCUT2D eigenvalue weighted by Crippen LogP contribution is -2.13. The molecule has 3 N–H and O–H groups in total. The standard InChI is InChI=1S/C14H22N2O2.ClH/c1-10(2)18-13-7-6-12(9-11(13)3)16-14(17)5-4-8-15;/h6-7,9-10H,4-5,8,15H2,1-3H3,(H,16,17);1H. The van der Waals surface area contributed by atoms with E-state index in [9.17, 15) is 4.79 Å². The number of halogens is 1. The minimum absolute atomic E-state index is 0. The summed E-state index contributed by atoms with van der Waals surface area (Å²) in [5.41, 5.74) is 7.18. The van der Waals surface area contributed by atoms with Gasteiger partial charge in [0.25, 0.3) is 0 Å². The van der Waals surface area contributed by atoms with Crippen molar-refractivity contribution in [2.24, 2.45) is 5.73 Å². The molecule has 1 rings (SSSR count). The van der Waals surface area contributed by atoms with Crippen LogP contribution in [0.3, 0.4) is 0 Å². The number of carbonyl (C=O) groups is 1. The maximum absolute atomic E-state index is 11.5. The maximum atomic E-state index is 11.5. The predicted octanol–water partition coefficient (Wildman–Crippen LogP) is 2.88. The molecule has 0 heterocycles. The van der Waals surface area contributed by atoms with Crippen molar-refractivity contribution in [2.75, 3.05) is 11.9 Å². The number of rotatable bonds is 6. The second kappa shape index (κ2) is 8.77. The zero-order valence-corrected chi connectivity index (χ0v) is 12.5. The highest BCUT2D eigenvalue weighted by Gasteiger charge is 2.05. The molecule has 0 aliphatic carbocycles. The summed E-state index contributed by atoms with van der Waals surface area (Å²) in [4.78, 5) is 11.5. The minimum Gasteiger partial charge on any atom is -0.491 e. The number of carbonyl (C=O) groups excluding carboxylic acids is 1. The number of ether oxygens (including phenoxy) is 1. The van der Waals surface area contributed by atoms with Crippen LogP contribution in [0.25, 0.3) is 0 Å². The highest BCUT2D eigenvalue weighted by Crippen LogP contribution is 2.23. The SMILES string of the molecule is Cc1cc(NC(=O)CCCN)ccc1OC(C)C.Cl. The Morgan fingerprint density at radius 1 is 1.42 bits per heavy atom. The van der Waals surface area contributed by atoms with E-state index in [0.717, 1.165) is 17.0 Å². The van der Waals surface area contributed by atoms with Gasteiger partial charge in [0.15, 0.2) is 0 Å². The molecule has 0 bridgehead atoms. The monoisotopic (exact) mass is 286 g/mol. The first-order valence-corrected chi connectivity index (χ1v) is 6.30. The van der Waals surface area contributed by atoms with Crippen LogP contribution in [0.1, 0.15) is 32.3 Å². The van der Waals surface area contributed by atoms with Crippen molar-refractivity contribution in [1.29, 1.82) is 0 Å². The van der Waals surface area contributed by atoms with Crippen molar-refractivity contribution in [1.82, 2.24) is 0 Å². The Labute approximate surface area is 121 Å². The van der Waals surface area contributed by atoms with Crippen molar-refractivity contribution in [3.05, 3.63) is 23.8 Å². The molecular formula is C14H23ClN2O2. The summed E-state index contributed by atoms with van der Waals surface area (Å²) in [5.74, 6) is 0.849. The van der Waals surface area contributed by atoms with Crippen LogP contribution in [-0.4, -0.2) is 18.6 Å². The third-order valence-electron chi connectivity index (χ3n) is 2.43. The normalized spacial score (nSPS) is 9.95. The molecule has 0 spiro atoms. The van der Waals surface area contributed by atoms with Crippen molar-refractivity contribution in [3.63, 3.8) is 0 Å². The van der Waals surface area contributed by atoms with Crippen LogP contribution in [-0.2, 0) is 4.79 Å². The number of nitrogens with one attached hydrogen (secondary N) is 1. The van der Waals surface area contributed by atoms with Gasteiger partial charge in [0.2, 0.25) is 5.91 Å². The van der Waals surface area contributed by atoms with Gasteiger partial charge < -0.3 is 15.8 Å². The number of anilines is 1. The molecule has 1 amide bonds. The van der Waals surface area contributed by atoms with E-state index in [4.69, 9.17) is 10.5 Å². The Morgan fingerprint density at radius 3 is 2.63 bits per heavy atom. The maximum Gasteiger partial charge on any atom is 0.224 e. The molecule has 0 radical (unpaired) electrons. The molecular weight excluding hydrogens is 264 g/mol. The smallest absolute Gasteiger partial charge is 0.224 e. The Hall–Kier alpha value is -1.26. The molecule has 0 aromatic heterocycles. The van der Waals surface area contributed by atoms with Crippen LogP contribution in [0.2, 0.25) is 0 Å². The molecule has 0 fully saturated rings. The lowest BCUT2D eigenvalue weighted by atomic mass is 10.2. The quantitative estimate of drug-likeness (QED) is 0.845. The lowest BCUT2D eigenvalue weighted by molar-refractivity contribution is -0.116. The Bertz CT molecular complexity index is 408. The average molecular weight is 287 g/mol. The van der Waals surface area contributed by atoms with Gasteiger partial charge in [0, 0.05) is 12.1 Å². The highest BCUT2D eigenvalue weighted by atomic mass is 35.5. The zero-order valence-electron chi connectivity index (χ0n) is 11.7. The summed E-state index contributed by atoms with van der Waals surface area (Å²) >= 11 is 0. The molecule has 19 heavy (non-hydrogen) atoms. The highest BCUT2D eigenvalue weighted by molar-refractivity contribution is 5.90. The third kappa shape index (κ3) is 6.45. The average Bonchev–Trinajstić information content (AvgIpc) is 2.29. The molecule has 0 unspecified atom stereocenters. The zero-order chi connectivity index (χ0) is 13.5. The van der Waals surface area contributed by atoms with Gasteiger partial charge in [-0.2, -0.15) is 0 Å². The number of nitrogens with two attached hydrogens (primary N) is 1. The van der Waals surface area contributed by atoms with Crippen LogP contribution < -0.4 is 15.8 Å². The molecule has 0 atom stereocenters. The van der Waals surface area contributed by atoms with E-state index in [-0.39, 0.29) is 24.4 Å². The van der Waals surface area contributed by atoms with E-state index < -0.39 is 0 Å². The van der Waals surface area contributed by atoms with E-state index >= 15 is 0 Å². The van der Waals surface area contributed by atoms with E-state index in [1.807, 2.05) is 39.0 Å². The molecule has 1 aromatic carbocycles. The topological polar surface area (TPSA) is 64.4 Å². The molecule has 5 heteroatoms. The fraction of sp³-hybridized carbons (Fsp3) is 0.500. The fourth-order valence-corrected chi connectivity index (χ4v) is 1.60. The Morgan fingerprint density at radius 2 is 2.11 bits per heavy atom. The summed E-state index contributed by atoms with van der Waals surface area (Å²) in [6.07, 6.45) is 1.31. The second-order valence-electron chi connectivity index (χ2n) is 4.59. The Kier molecular flexibility index (Phi) is 8.19. The number of amides is 1. The predicted molar refractivity (Wildman–Crippen MR) is 81.1 cm³/mol. The van der Waals surface area contributed by atoms with Gasteiger partial charge in [-0.1, -0.05) is 0 Å². The van der Waals surface area contributed by atoms with Crippen molar-refractivity contribution >= 4 is 24.0 Å². The van der Waals surface area contributed by atoms with E-state index in [1.165, 1.54) is 0 Å². The van der Waals surface area contributed by atoms with Gasteiger partial charge in [-0.05, 0) is 57.5 Å². The van der Waals surface area contributed by atoms with Crippen LogP contribution in [0.5, 0.6) is 5.75 Å². The third-order valence-corrected chi connectivity index (χ3v) is 2.43.